The number of nitrogens with two attached hydrogens (primary N) is 1. The molecule has 0 saturated carbocycles. The molecule has 0 aromatic carbocycles. The van der Waals surface area contributed by atoms with E-state index in [9.17, 15) is 4.79 Å². The molecule has 1 amide bonds. The molecule has 0 aromatic rings. The highest BCUT2D eigenvalue weighted by atomic mass is 32.1. The van der Waals surface area contributed by atoms with Gasteiger partial charge < -0.3 is 15.8 Å². The molecule has 1 rings (SSSR count). The Hall–Kier alpha value is -0.680. The van der Waals surface area contributed by atoms with Gasteiger partial charge in [0.2, 0.25) is 5.91 Å². The Morgan fingerprint density at radius 2 is 1.93 bits per heavy atom. The first-order valence-electron chi connectivity index (χ1n) is 4.69. The van der Waals surface area contributed by atoms with Crippen LogP contribution in [0.5, 0.6) is 0 Å². The van der Waals surface area contributed by atoms with Crippen LogP contribution in [0.15, 0.2) is 0 Å². The van der Waals surface area contributed by atoms with Crippen molar-refractivity contribution >= 4 is 23.2 Å². The average Bonchev–Trinajstić information content (AvgIpc) is 2.25. The summed E-state index contributed by atoms with van der Waals surface area (Å²) in [5, 5.41) is 2.48. The normalized spacial score (nSPS) is 36.8. The smallest absolute Gasteiger partial charge is 0.232 e. The van der Waals surface area contributed by atoms with E-state index in [0.717, 1.165) is 0 Å². The number of rotatable bonds is 1. The van der Waals surface area contributed by atoms with Gasteiger partial charge in [-0.05, 0) is 32.0 Å². The highest BCUT2D eigenvalue weighted by Gasteiger charge is 2.41. The number of hydrogen-bond donors (Lipinski definition) is 2. The Bertz CT molecular complexity index is 257. The van der Waals surface area contributed by atoms with Crippen molar-refractivity contribution in [3.8, 4) is 0 Å². The predicted molar refractivity (Wildman–Crippen MR) is 57.6 cm³/mol. The van der Waals surface area contributed by atoms with Crippen molar-refractivity contribution < 1.29 is 9.53 Å². The minimum Gasteiger partial charge on any atom is -0.376 e. The number of nitrogens with one attached hydrogen (secondary N) is 1. The van der Waals surface area contributed by atoms with Crippen molar-refractivity contribution in [1.82, 2.24) is 5.32 Å². The summed E-state index contributed by atoms with van der Waals surface area (Å²) < 4.78 is 5.54. The lowest BCUT2D eigenvalue weighted by Gasteiger charge is -2.16. The second-order valence-electron chi connectivity index (χ2n) is 3.78. The topological polar surface area (TPSA) is 64.3 Å². The Labute approximate surface area is 89.2 Å². The molecule has 4 atom stereocenters. The van der Waals surface area contributed by atoms with Crippen LogP contribution in [0.1, 0.15) is 20.8 Å². The fraction of sp³-hybridized carbons (Fsp3) is 0.778. The zero-order valence-corrected chi connectivity index (χ0v) is 9.43. The van der Waals surface area contributed by atoms with Crippen molar-refractivity contribution in [2.75, 3.05) is 0 Å². The SMILES string of the molecule is CC1OC(C)C(C(=O)NC(N)=S)C1C. The lowest BCUT2D eigenvalue weighted by Crippen LogP contribution is -2.42. The molecule has 4 nitrogen and oxygen atoms in total. The van der Waals surface area contributed by atoms with Crippen LogP contribution in [0, 0.1) is 11.8 Å². The van der Waals surface area contributed by atoms with E-state index in [-0.39, 0.29) is 35.1 Å². The molecule has 0 bridgehead atoms. The number of ether oxygens (including phenoxy) is 1. The maximum Gasteiger partial charge on any atom is 0.232 e. The standard InChI is InChI=1S/C9H16N2O2S/c1-4-5(2)13-6(3)7(4)8(12)11-9(10)14/h4-7H,1-3H3,(H3,10,11,12,14). The van der Waals surface area contributed by atoms with E-state index in [1.54, 1.807) is 0 Å². The summed E-state index contributed by atoms with van der Waals surface area (Å²) in [6, 6.07) is 0. The minimum atomic E-state index is -0.161. The maximum atomic E-state index is 11.7. The number of carbonyl (C=O) groups is 1. The first-order chi connectivity index (χ1) is 6.43. The summed E-state index contributed by atoms with van der Waals surface area (Å²) in [6.07, 6.45) is 0.0291. The molecule has 0 aliphatic carbocycles. The Morgan fingerprint density at radius 1 is 1.36 bits per heavy atom. The molecular formula is C9H16N2O2S. The molecule has 5 heteroatoms. The van der Waals surface area contributed by atoms with Crippen molar-refractivity contribution in [3.05, 3.63) is 0 Å². The Morgan fingerprint density at radius 3 is 2.29 bits per heavy atom. The average molecular weight is 216 g/mol. The Kier molecular flexibility index (Phi) is 3.44. The summed E-state index contributed by atoms with van der Waals surface area (Å²) in [4.78, 5) is 11.7. The maximum absolute atomic E-state index is 11.7. The van der Waals surface area contributed by atoms with Gasteiger partial charge in [0.05, 0.1) is 18.1 Å². The van der Waals surface area contributed by atoms with E-state index in [1.807, 2.05) is 20.8 Å². The van der Waals surface area contributed by atoms with Crippen molar-refractivity contribution in [2.45, 2.75) is 33.0 Å². The molecule has 0 radical (unpaired) electrons. The van der Waals surface area contributed by atoms with Crippen LogP contribution in [0.3, 0.4) is 0 Å². The number of amides is 1. The lowest BCUT2D eigenvalue weighted by atomic mass is 9.89. The molecule has 0 spiro atoms. The number of carbonyl (C=O) groups excluding carboxylic acids is 1. The summed E-state index contributed by atoms with van der Waals surface area (Å²) in [6.45, 7) is 5.86. The zero-order valence-electron chi connectivity index (χ0n) is 8.61. The minimum absolute atomic E-state index is 0.0222. The molecular weight excluding hydrogens is 200 g/mol. The second-order valence-corrected chi connectivity index (χ2v) is 4.22. The molecule has 14 heavy (non-hydrogen) atoms. The first-order valence-corrected chi connectivity index (χ1v) is 5.10. The van der Waals surface area contributed by atoms with Gasteiger partial charge in [-0.2, -0.15) is 0 Å². The zero-order chi connectivity index (χ0) is 10.9. The molecule has 0 aromatic heterocycles. The van der Waals surface area contributed by atoms with E-state index >= 15 is 0 Å². The molecule has 3 N–H and O–H groups in total. The van der Waals surface area contributed by atoms with Crippen LogP contribution >= 0.6 is 12.2 Å². The van der Waals surface area contributed by atoms with Crippen LogP contribution in [-0.2, 0) is 9.53 Å². The molecule has 4 unspecified atom stereocenters. The van der Waals surface area contributed by atoms with Crippen LogP contribution in [0.2, 0.25) is 0 Å². The van der Waals surface area contributed by atoms with Crippen LogP contribution in [0.4, 0.5) is 0 Å². The van der Waals surface area contributed by atoms with Crippen LogP contribution in [-0.4, -0.2) is 23.2 Å². The van der Waals surface area contributed by atoms with Gasteiger partial charge in [0.25, 0.3) is 0 Å². The fourth-order valence-corrected chi connectivity index (χ4v) is 2.02. The van der Waals surface area contributed by atoms with E-state index in [2.05, 4.69) is 17.5 Å². The van der Waals surface area contributed by atoms with Gasteiger partial charge >= 0.3 is 0 Å². The van der Waals surface area contributed by atoms with E-state index in [4.69, 9.17) is 10.5 Å². The molecule has 1 saturated heterocycles. The second kappa shape index (κ2) is 4.23. The van der Waals surface area contributed by atoms with Gasteiger partial charge in [0, 0.05) is 0 Å². The monoisotopic (exact) mass is 216 g/mol. The molecule has 80 valence electrons. The van der Waals surface area contributed by atoms with Crippen LogP contribution in [0.25, 0.3) is 0 Å². The fourth-order valence-electron chi connectivity index (χ4n) is 1.92. The lowest BCUT2D eigenvalue weighted by molar-refractivity contribution is -0.125. The van der Waals surface area contributed by atoms with E-state index in [0.29, 0.717) is 0 Å². The third-order valence-corrected chi connectivity index (χ3v) is 2.89. The van der Waals surface area contributed by atoms with Crippen LogP contribution < -0.4 is 11.1 Å². The van der Waals surface area contributed by atoms with Gasteiger partial charge in [-0.3, -0.25) is 4.79 Å². The molecule has 1 heterocycles. The van der Waals surface area contributed by atoms with Gasteiger partial charge in [0.15, 0.2) is 5.11 Å². The van der Waals surface area contributed by atoms with Gasteiger partial charge in [-0.1, -0.05) is 6.92 Å². The van der Waals surface area contributed by atoms with E-state index < -0.39 is 0 Å². The third-order valence-electron chi connectivity index (χ3n) is 2.79. The summed E-state index contributed by atoms with van der Waals surface area (Å²) in [7, 11) is 0. The van der Waals surface area contributed by atoms with Crippen molar-refractivity contribution in [2.24, 2.45) is 17.6 Å². The van der Waals surface area contributed by atoms with Gasteiger partial charge in [0.1, 0.15) is 0 Å². The largest absolute Gasteiger partial charge is 0.376 e. The van der Waals surface area contributed by atoms with Crippen molar-refractivity contribution in [3.63, 3.8) is 0 Å². The molecule has 1 fully saturated rings. The quantitative estimate of drug-likeness (QED) is 0.623. The van der Waals surface area contributed by atoms with E-state index in [1.165, 1.54) is 0 Å². The predicted octanol–water partition coefficient (Wildman–Crippen LogP) is 0.406. The number of thiocarbonyl (C=S) groups is 1. The van der Waals surface area contributed by atoms with Gasteiger partial charge in [-0.25, -0.2) is 0 Å². The highest BCUT2D eigenvalue weighted by molar-refractivity contribution is 7.80. The molecule has 1 aliphatic heterocycles. The third kappa shape index (κ3) is 2.22. The first kappa shape index (κ1) is 11.4. The summed E-state index contributed by atoms with van der Waals surface area (Å²) >= 11 is 4.62. The number of hydrogen-bond acceptors (Lipinski definition) is 3. The summed E-state index contributed by atoms with van der Waals surface area (Å²) in [5.41, 5.74) is 5.25. The highest BCUT2D eigenvalue weighted by Crippen LogP contribution is 2.31. The van der Waals surface area contributed by atoms with Crippen molar-refractivity contribution in [1.29, 1.82) is 0 Å². The van der Waals surface area contributed by atoms with Gasteiger partial charge in [-0.15, -0.1) is 0 Å². The molecule has 1 aliphatic rings. The summed E-state index contributed by atoms with van der Waals surface area (Å²) in [5.74, 6) is -0.104. The Balaban J connectivity index is 2.67.